The van der Waals surface area contributed by atoms with E-state index in [1.165, 1.54) is 10.7 Å². The molecule has 2 N–H and O–H groups in total. The van der Waals surface area contributed by atoms with Crippen molar-refractivity contribution in [3.8, 4) is 5.69 Å². The molecule has 148 valence electrons. The number of fused-ring (bicyclic) bond motifs is 1. The molecule has 1 aromatic heterocycles. The predicted octanol–water partition coefficient (Wildman–Crippen LogP) is 3.19. The van der Waals surface area contributed by atoms with Gasteiger partial charge < -0.3 is 15.5 Å². The summed E-state index contributed by atoms with van der Waals surface area (Å²) in [5.74, 6) is -0.795. The molecule has 1 atom stereocenters. The molecule has 2 heterocycles. The number of nitrogens with one attached hydrogen (secondary N) is 2. The standard InChI is InChI=1S/C21H20FN5O2/c1-14-11-20(28)25-17-5-2-3-6-19(17)27(14)21(29)13-23-15-7-8-18(16(22)12-15)26-10-4-9-24-26/h2-10,12,14,23H,11,13H2,1H3,(H,25,28). The van der Waals surface area contributed by atoms with Gasteiger partial charge in [-0.2, -0.15) is 5.10 Å². The van der Waals surface area contributed by atoms with Crippen molar-refractivity contribution in [2.75, 3.05) is 22.1 Å². The number of hydrogen-bond donors (Lipinski definition) is 2. The Balaban J connectivity index is 1.51. The topological polar surface area (TPSA) is 79.3 Å². The highest BCUT2D eigenvalue weighted by Gasteiger charge is 2.29. The Labute approximate surface area is 167 Å². The lowest BCUT2D eigenvalue weighted by atomic mass is 10.1. The van der Waals surface area contributed by atoms with Crippen molar-refractivity contribution in [2.45, 2.75) is 19.4 Å². The number of hydrogen-bond acceptors (Lipinski definition) is 4. The number of rotatable bonds is 4. The van der Waals surface area contributed by atoms with E-state index in [0.717, 1.165) is 0 Å². The van der Waals surface area contributed by atoms with Crippen molar-refractivity contribution in [3.05, 3.63) is 66.7 Å². The van der Waals surface area contributed by atoms with E-state index in [0.29, 0.717) is 22.7 Å². The molecule has 0 fully saturated rings. The van der Waals surface area contributed by atoms with Crippen LogP contribution in [0.1, 0.15) is 13.3 Å². The molecule has 0 spiro atoms. The molecule has 1 aliphatic rings. The van der Waals surface area contributed by atoms with Gasteiger partial charge in [0, 0.05) is 30.5 Å². The number of aromatic nitrogens is 2. The van der Waals surface area contributed by atoms with Gasteiger partial charge in [-0.15, -0.1) is 0 Å². The lowest BCUT2D eigenvalue weighted by Crippen LogP contribution is -2.42. The monoisotopic (exact) mass is 393 g/mol. The normalized spacial score (nSPS) is 16.0. The van der Waals surface area contributed by atoms with Gasteiger partial charge in [0.2, 0.25) is 11.8 Å². The number of para-hydroxylation sites is 2. The van der Waals surface area contributed by atoms with E-state index in [4.69, 9.17) is 0 Å². The summed E-state index contributed by atoms with van der Waals surface area (Å²) in [6.07, 6.45) is 3.43. The third kappa shape index (κ3) is 3.82. The van der Waals surface area contributed by atoms with Gasteiger partial charge in [-0.3, -0.25) is 9.59 Å². The van der Waals surface area contributed by atoms with Gasteiger partial charge in [0.15, 0.2) is 5.82 Å². The molecule has 7 nitrogen and oxygen atoms in total. The summed E-state index contributed by atoms with van der Waals surface area (Å²) in [6.45, 7) is 1.80. The highest BCUT2D eigenvalue weighted by Crippen LogP contribution is 2.31. The lowest BCUT2D eigenvalue weighted by molar-refractivity contribution is -0.118. The van der Waals surface area contributed by atoms with Crippen LogP contribution in [0.3, 0.4) is 0 Å². The first kappa shape index (κ1) is 18.7. The average molecular weight is 393 g/mol. The molecule has 1 aliphatic heterocycles. The summed E-state index contributed by atoms with van der Waals surface area (Å²) >= 11 is 0. The van der Waals surface area contributed by atoms with Crippen LogP contribution in [-0.4, -0.2) is 34.2 Å². The zero-order valence-corrected chi connectivity index (χ0v) is 15.8. The molecule has 1 unspecified atom stereocenters. The second kappa shape index (κ2) is 7.75. The molecule has 0 bridgehead atoms. The third-order valence-corrected chi connectivity index (χ3v) is 4.77. The number of carbonyl (C=O) groups excluding carboxylic acids is 2. The molecule has 0 radical (unpaired) electrons. The first-order valence-corrected chi connectivity index (χ1v) is 9.27. The summed E-state index contributed by atoms with van der Waals surface area (Å²) in [5, 5.41) is 9.82. The van der Waals surface area contributed by atoms with Gasteiger partial charge in [0.1, 0.15) is 5.69 Å². The van der Waals surface area contributed by atoms with Crippen LogP contribution in [0.5, 0.6) is 0 Å². The highest BCUT2D eigenvalue weighted by atomic mass is 19.1. The fourth-order valence-electron chi connectivity index (χ4n) is 3.44. The van der Waals surface area contributed by atoms with Crippen LogP contribution >= 0.6 is 0 Å². The maximum absolute atomic E-state index is 14.4. The van der Waals surface area contributed by atoms with Crippen LogP contribution in [0.15, 0.2) is 60.9 Å². The number of anilines is 3. The largest absolute Gasteiger partial charge is 0.376 e. The van der Waals surface area contributed by atoms with Crippen LogP contribution < -0.4 is 15.5 Å². The Morgan fingerprint density at radius 1 is 1.24 bits per heavy atom. The van der Waals surface area contributed by atoms with Gasteiger partial charge in [-0.1, -0.05) is 12.1 Å². The molecule has 0 aliphatic carbocycles. The first-order valence-electron chi connectivity index (χ1n) is 9.27. The molecule has 4 rings (SSSR count). The number of amides is 2. The SMILES string of the molecule is CC1CC(=O)Nc2ccccc2N1C(=O)CNc1ccc(-n2cccn2)c(F)c1. The minimum Gasteiger partial charge on any atom is -0.376 e. The van der Waals surface area contributed by atoms with Crippen molar-refractivity contribution >= 4 is 28.9 Å². The summed E-state index contributed by atoms with van der Waals surface area (Å²) in [7, 11) is 0. The molecule has 3 aromatic rings. The zero-order valence-electron chi connectivity index (χ0n) is 15.8. The number of benzene rings is 2. The van der Waals surface area contributed by atoms with Crippen molar-refractivity contribution in [1.82, 2.24) is 9.78 Å². The van der Waals surface area contributed by atoms with Crippen LogP contribution in [0, 0.1) is 5.82 Å². The lowest BCUT2D eigenvalue weighted by Gasteiger charge is -2.28. The second-order valence-corrected chi connectivity index (χ2v) is 6.85. The van der Waals surface area contributed by atoms with Gasteiger partial charge in [-0.05, 0) is 43.3 Å². The fraction of sp³-hybridized carbons (Fsp3) is 0.190. The molecule has 0 saturated carbocycles. The molecule has 2 amide bonds. The number of nitrogens with zero attached hydrogens (tertiary/aromatic N) is 3. The minimum absolute atomic E-state index is 0.0343. The second-order valence-electron chi connectivity index (χ2n) is 6.85. The number of halogens is 1. The van der Waals surface area contributed by atoms with Gasteiger partial charge in [-0.25, -0.2) is 9.07 Å². The van der Waals surface area contributed by atoms with Crippen molar-refractivity contribution in [2.24, 2.45) is 0 Å². The van der Waals surface area contributed by atoms with E-state index in [1.807, 2.05) is 13.0 Å². The first-order chi connectivity index (χ1) is 14.0. The third-order valence-electron chi connectivity index (χ3n) is 4.77. The van der Waals surface area contributed by atoms with Gasteiger partial charge >= 0.3 is 0 Å². The Bertz CT molecular complexity index is 1050. The van der Waals surface area contributed by atoms with Crippen molar-refractivity contribution in [1.29, 1.82) is 0 Å². The minimum atomic E-state index is -0.450. The van der Waals surface area contributed by atoms with E-state index in [-0.39, 0.29) is 30.8 Å². The molecular formula is C21H20FN5O2. The zero-order chi connectivity index (χ0) is 20.4. The molecule has 8 heteroatoms. The van der Waals surface area contributed by atoms with Crippen LogP contribution in [0.2, 0.25) is 0 Å². The van der Waals surface area contributed by atoms with E-state index in [9.17, 15) is 14.0 Å². The summed E-state index contributed by atoms with van der Waals surface area (Å²) in [6, 6.07) is 13.2. The summed E-state index contributed by atoms with van der Waals surface area (Å²) in [4.78, 5) is 26.6. The van der Waals surface area contributed by atoms with Crippen molar-refractivity contribution < 1.29 is 14.0 Å². The maximum atomic E-state index is 14.4. The van der Waals surface area contributed by atoms with Crippen molar-refractivity contribution in [3.63, 3.8) is 0 Å². The molecule has 0 saturated heterocycles. The Kier molecular flexibility index (Phi) is 4.99. The van der Waals surface area contributed by atoms with E-state index < -0.39 is 5.82 Å². The van der Waals surface area contributed by atoms with E-state index >= 15 is 0 Å². The quantitative estimate of drug-likeness (QED) is 0.714. The predicted molar refractivity (Wildman–Crippen MR) is 109 cm³/mol. The van der Waals surface area contributed by atoms with E-state index in [2.05, 4.69) is 15.7 Å². The van der Waals surface area contributed by atoms with E-state index in [1.54, 1.807) is 53.7 Å². The smallest absolute Gasteiger partial charge is 0.246 e. The molecule has 29 heavy (non-hydrogen) atoms. The Morgan fingerprint density at radius 3 is 2.83 bits per heavy atom. The fourth-order valence-corrected chi connectivity index (χ4v) is 3.44. The Hall–Kier alpha value is -3.68. The maximum Gasteiger partial charge on any atom is 0.246 e. The highest BCUT2D eigenvalue weighted by molar-refractivity contribution is 6.05. The summed E-state index contributed by atoms with van der Waals surface area (Å²) in [5.41, 5.74) is 2.06. The van der Waals surface area contributed by atoms with Crippen LogP contribution in [-0.2, 0) is 9.59 Å². The van der Waals surface area contributed by atoms with Gasteiger partial charge in [0.05, 0.1) is 17.9 Å². The van der Waals surface area contributed by atoms with Gasteiger partial charge in [0.25, 0.3) is 0 Å². The summed E-state index contributed by atoms with van der Waals surface area (Å²) < 4.78 is 15.8. The molecular weight excluding hydrogens is 373 g/mol. The molecule has 2 aromatic carbocycles. The van der Waals surface area contributed by atoms with Crippen LogP contribution in [0.25, 0.3) is 5.69 Å². The average Bonchev–Trinajstić information content (AvgIpc) is 3.18. The Morgan fingerprint density at radius 2 is 2.07 bits per heavy atom. The number of carbonyl (C=O) groups is 2. The van der Waals surface area contributed by atoms with Crippen LogP contribution in [0.4, 0.5) is 21.5 Å².